The number of ether oxygens (including phenoxy) is 1. The Morgan fingerprint density at radius 3 is 2.87 bits per heavy atom. The summed E-state index contributed by atoms with van der Waals surface area (Å²) in [5.41, 5.74) is 4.18. The second-order valence-electron chi connectivity index (χ2n) is 7.64. The van der Waals surface area contributed by atoms with Crippen LogP contribution in [-0.4, -0.2) is 18.0 Å². The van der Waals surface area contributed by atoms with Crippen LogP contribution in [-0.2, 0) is 17.6 Å². The van der Waals surface area contributed by atoms with Gasteiger partial charge in [0.2, 0.25) is 5.91 Å². The number of benzene rings is 2. The lowest BCUT2D eigenvalue weighted by Crippen LogP contribution is -2.14. The molecule has 1 aliphatic carbocycles. The van der Waals surface area contributed by atoms with Crippen LogP contribution in [0.5, 0.6) is 5.75 Å². The Kier molecular flexibility index (Phi) is 5.30. The Morgan fingerprint density at radius 1 is 1.13 bits per heavy atom. The van der Waals surface area contributed by atoms with E-state index in [2.05, 4.69) is 16.7 Å². The number of amides is 1. The van der Waals surface area contributed by atoms with E-state index in [0.717, 1.165) is 45.9 Å². The third-order valence-electron chi connectivity index (χ3n) is 5.67. The monoisotopic (exact) mass is 429 g/mol. The van der Waals surface area contributed by atoms with Crippen LogP contribution in [0.25, 0.3) is 10.9 Å². The highest BCUT2D eigenvalue weighted by Crippen LogP contribution is 2.39. The largest absolute Gasteiger partial charge is 0.496 e. The van der Waals surface area contributed by atoms with Crippen molar-refractivity contribution in [3.05, 3.63) is 82.0 Å². The summed E-state index contributed by atoms with van der Waals surface area (Å²) in [6.07, 6.45) is 2.41. The number of thiophene rings is 1. The molecule has 0 spiro atoms. The van der Waals surface area contributed by atoms with Crippen LogP contribution in [0.2, 0.25) is 0 Å². The zero-order valence-electron chi connectivity index (χ0n) is 17.2. The number of rotatable bonds is 6. The molecule has 1 unspecified atom stereocenters. The molecular weight excluding hydrogens is 406 g/mol. The highest BCUT2D eigenvalue weighted by atomic mass is 32.1. The lowest BCUT2D eigenvalue weighted by molar-refractivity contribution is -0.115. The average molecular weight is 430 g/mol. The molecule has 5 rings (SSSR count). The summed E-state index contributed by atoms with van der Waals surface area (Å²) in [5.74, 6) is 1.72. The molecule has 0 radical (unpaired) electrons. The average Bonchev–Trinajstić information content (AvgIpc) is 3.44. The van der Waals surface area contributed by atoms with Crippen molar-refractivity contribution in [1.29, 1.82) is 0 Å². The molecule has 156 valence electrons. The lowest BCUT2D eigenvalue weighted by atomic mass is 10.1. The van der Waals surface area contributed by atoms with Gasteiger partial charge in [0.25, 0.3) is 0 Å². The summed E-state index contributed by atoms with van der Waals surface area (Å²) in [4.78, 5) is 18.3. The topological polar surface area (TPSA) is 63.2 Å². The van der Waals surface area contributed by atoms with Gasteiger partial charge in [0.1, 0.15) is 11.6 Å². The SMILES string of the molecule is COc1cccc2c1C(Nc1ccc3c(NC(=O)Cc4cccs4)cccc3n1)CC2. The Morgan fingerprint density at radius 2 is 2.03 bits per heavy atom. The summed E-state index contributed by atoms with van der Waals surface area (Å²) in [6, 6.07) is 20.1. The van der Waals surface area contributed by atoms with Gasteiger partial charge in [-0.3, -0.25) is 4.79 Å². The van der Waals surface area contributed by atoms with Gasteiger partial charge in [-0.05, 0) is 60.2 Å². The number of fused-ring (bicyclic) bond motifs is 2. The zero-order chi connectivity index (χ0) is 21.2. The quantitative estimate of drug-likeness (QED) is 0.420. The summed E-state index contributed by atoms with van der Waals surface area (Å²) in [5, 5.41) is 9.52. The van der Waals surface area contributed by atoms with E-state index in [1.54, 1.807) is 18.4 Å². The number of nitrogens with zero attached hydrogens (tertiary/aromatic N) is 1. The number of methoxy groups -OCH3 is 1. The van der Waals surface area contributed by atoms with Crippen molar-refractivity contribution in [2.75, 3.05) is 17.7 Å². The standard InChI is InChI=1S/C25H23N3O2S/c1-30-22-9-2-5-16-10-12-21(25(16)22)27-23-13-11-18-19(26-23)7-3-8-20(18)28-24(29)15-17-6-4-14-31-17/h2-9,11,13-14,21H,10,12,15H2,1H3,(H,26,27)(H,28,29). The Labute approximate surface area is 185 Å². The molecule has 0 bridgehead atoms. The van der Waals surface area contributed by atoms with Crippen LogP contribution in [0.4, 0.5) is 11.5 Å². The van der Waals surface area contributed by atoms with Crippen LogP contribution < -0.4 is 15.4 Å². The minimum atomic E-state index is -0.0215. The normalized spacial score (nSPS) is 14.9. The molecule has 0 fully saturated rings. The predicted octanol–water partition coefficient (Wildman–Crippen LogP) is 5.59. The molecule has 4 aromatic rings. The van der Waals surface area contributed by atoms with Crippen molar-refractivity contribution in [3.8, 4) is 5.75 Å². The maximum atomic E-state index is 12.4. The van der Waals surface area contributed by atoms with E-state index in [9.17, 15) is 4.79 Å². The van der Waals surface area contributed by atoms with Gasteiger partial charge in [0.15, 0.2) is 0 Å². The third-order valence-corrected chi connectivity index (χ3v) is 6.55. The van der Waals surface area contributed by atoms with Crippen LogP contribution in [0.1, 0.15) is 28.5 Å². The molecule has 0 saturated heterocycles. The summed E-state index contributed by atoms with van der Waals surface area (Å²) >= 11 is 1.59. The molecule has 1 aliphatic rings. The predicted molar refractivity (Wildman–Crippen MR) is 126 cm³/mol. The smallest absolute Gasteiger partial charge is 0.229 e. The Hall–Kier alpha value is -3.38. The number of carbonyl (C=O) groups excluding carboxylic acids is 1. The maximum Gasteiger partial charge on any atom is 0.229 e. The molecule has 1 atom stereocenters. The molecule has 6 heteroatoms. The van der Waals surface area contributed by atoms with E-state index in [1.807, 2.05) is 60.0 Å². The number of aromatic nitrogens is 1. The van der Waals surface area contributed by atoms with Crippen molar-refractivity contribution in [3.63, 3.8) is 0 Å². The zero-order valence-corrected chi connectivity index (χ0v) is 18.0. The van der Waals surface area contributed by atoms with Crippen LogP contribution in [0.3, 0.4) is 0 Å². The van der Waals surface area contributed by atoms with Crippen molar-refractivity contribution in [2.45, 2.75) is 25.3 Å². The van der Waals surface area contributed by atoms with Crippen LogP contribution >= 0.6 is 11.3 Å². The number of hydrogen-bond acceptors (Lipinski definition) is 5. The number of carbonyl (C=O) groups is 1. The van der Waals surface area contributed by atoms with Gasteiger partial charge in [-0.15, -0.1) is 11.3 Å². The summed E-state index contributed by atoms with van der Waals surface area (Å²) in [7, 11) is 1.72. The Balaban J connectivity index is 1.37. The van der Waals surface area contributed by atoms with E-state index in [0.29, 0.717) is 6.42 Å². The first-order valence-electron chi connectivity index (χ1n) is 10.4. The molecule has 31 heavy (non-hydrogen) atoms. The summed E-state index contributed by atoms with van der Waals surface area (Å²) in [6.45, 7) is 0. The molecule has 2 N–H and O–H groups in total. The Bertz CT molecular complexity index is 1240. The molecule has 5 nitrogen and oxygen atoms in total. The van der Waals surface area contributed by atoms with Gasteiger partial charge in [-0.2, -0.15) is 0 Å². The molecule has 2 heterocycles. The number of pyridine rings is 1. The minimum Gasteiger partial charge on any atom is -0.496 e. The first-order chi connectivity index (χ1) is 15.2. The number of hydrogen-bond donors (Lipinski definition) is 2. The van der Waals surface area contributed by atoms with E-state index in [1.165, 1.54) is 11.1 Å². The fourth-order valence-electron chi connectivity index (χ4n) is 4.26. The van der Waals surface area contributed by atoms with Gasteiger partial charge in [0.05, 0.1) is 30.8 Å². The van der Waals surface area contributed by atoms with Gasteiger partial charge < -0.3 is 15.4 Å². The van der Waals surface area contributed by atoms with E-state index in [4.69, 9.17) is 9.72 Å². The molecule has 1 amide bonds. The van der Waals surface area contributed by atoms with E-state index >= 15 is 0 Å². The van der Waals surface area contributed by atoms with Crippen LogP contribution in [0, 0.1) is 0 Å². The second-order valence-corrected chi connectivity index (χ2v) is 8.67. The van der Waals surface area contributed by atoms with Gasteiger partial charge in [-0.25, -0.2) is 4.98 Å². The lowest BCUT2D eigenvalue weighted by Gasteiger charge is -2.18. The molecule has 2 aromatic heterocycles. The molecule has 0 aliphatic heterocycles. The second kappa shape index (κ2) is 8.40. The molecular formula is C25H23N3O2S. The van der Waals surface area contributed by atoms with Gasteiger partial charge in [0, 0.05) is 15.8 Å². The fourth-order valence-corrected chi connectivity index (χ4v) is 4.96. The highest BCUT2D eigenvalue weighted by molar-refractivity contribution is 7.10. The van der Waals surface area contributed by atoms with Crippen molar-refractivity contribution < 1.29 is 9.53 Å². The molecule has 0 saturated carbocycles. The fraction of sp³-hybridized carbons (Fsp3) is 0.200. The maximum absolute atomic E-state index is 12.4. The van der Waals surface area contributed by atoms with E-state index < -0.39 is 0 Å². The van der Waals surface area contributed by atoms with Gasteiger partial charge in [-0.1, -0.05) is 24.3 Å². The molecule has 2 aromatic carbocycles. The van der Waals surface area contributed by atoms with E-state index in [-0.39, 0.29) is 11.9 Å². The van der Waals surface area contributed by atoms with Crippen molar-refractivity contribution in [1.82, 2.24) is 4.98 Å². The van der Waals surface area contributed by atoms with Gasteiger partial charge >= 0.3 is 0 Å². The number of aryl methyl sites for hydroxylation is 1. The minimum absolute atomic E-state index is 0.0215. The first-order valence-corrected chi connectivity index (χ1v) is 11.2. The van der Waals surface area contributed by atoms with Crippen molar-refractivity contribution in [2.24, 2.45) is 0 Å². The summed E-state index contributed by atoms with van der Waals surface area (Å²) < 4.78 is 5.59. The number of nitrogens with one attached hydrogen (secondary N) is 2. The highest BCUT2D eigenvalue weighted by Gasteiger charge is 2.26. The number of anilines is 2. The van der Waals surface area contributed by atoms with Crippen molar-refractivity contribution >= 4 is 39.7 Å². The van der Waals surface area contributed by atoms with Crippen LogP contribution in [0.15, 0.2) is 66.0 Å². The first kappa shape index (κ1) is 19.6. The third kappa shape index (κ3) is 3.99.